The van der Waals surface area contributed by atoms with Crippen LogP contribution in [-0.4, -0.2) is 38.5 Å². The van der Waals surface area contributed by atoms with Gasteiger partial charge in [0.05, 0.1) is 0 Å². The minimum absolute atomic E-state index is 0.0989. The number of nitrogens with zero attached hydrogens (tertiary/aromatic N) is 4. The van der Waals surface area contributed by atoms with Crippen molar-refractivity contribution in [3.63, 3.8) is 0 Å². The van der Waals surface area contributed by atoms with E-state index in [1.807, 2.05) is 29.3 Å². The van der Waals surface area contributed by atoms with Crippen molar-refractivity contribution in [2.75, 3.05) is 13.1 Å². The van der Waals surface area contributed by atoms with Crippen LogP contribution in [0, 0.1) is 5.82 Å². The van der Waals surface area contributed by atoms with Crippen molar-refractivity contribution < 1.29 is 9.18 Å². The molecule has 0 radical (unpaired) electrons. The van der Waals surface area contributed by atoms with E-state index < -0.39 is 0 Å². The Morgan fingerprint density at radius 3 is 2.92 bits per heavy atom. The van der Waals surface area contributed by atoms with Gasteiger partial charge in [-0.1, -0.05) is 12.1 Å². The predicted molar refractivity (Wildman–Crippen MR) is 92.6 cm³/mol. The highest BCUT2D eigenvalue weighted by molar-refractivity contribution is 5.73. The number of hydrogen-bond donors (Lipinski definition) is 0. The summed E-state index contributed by atoms with van der Waals surface area (Å²) in [5, 5.41) is 4.61. The third-order valence-electron chi connectivity index (χ3n) is 4.74. The van der Waals surface area contributed by atoms with E-state index in [0.29, 0.717) is 6.54 Å². The van der Waals surface area contributed by atoms with Gasteiger partial charge < -0.3 is 4.90 Å². The molecule has 3 aromatic rings. The van der Waals surface area contributed by atoms with Gasteiger partial charge in [-0.3, -0.25) is 4.79 Å². The van der Waals surface area contributed by atoms with E-state index in [2.05, 4.69) is 10.1 Å². The third-order valence-corrected chi connectivity index (χ3v) is 4.74. The molecule has 0 bridgehead atoms. The maximum Gasteiger partial charge on any atom is 0.219 e. The van der Waals surface area contributed by atoms with Gasteiger partial charge in [0.2, 0.25) is 5.91 Å². The molecular formula is C19H19FN4O. The van der Waals surface area contributed by atoms with E-state index in [9.17, 15) is 9.18 Å². The molecule has 4 rings (SSSR count). The molecule has 25 heavy (non-hydrogen) atoms. The van der Waals surface area contributed by atoms with E-state index in [-0.39, 0.29) is 17.6 Å². The number of hydrogen-bond acceptors (Lipinski definition) is 3. The van der Waals surface area contributed by atoms with Crippen LogP contribution in [0.3, 0.4) is 0 Å². The Kier molecular flexibility index (Phi) is 3.95. The second-order valence-corrected chi connectivity index (χ2v) is 6.51. The second-order valence-electron chi connectivity index (χ2n) is 6.51. The van der Waals surface area contributed by atoms with Gasteiger partial charge in [-0.2, -0.15) is 5.10 Å². The highest BCUT2D eigenvalue weighted by Crippen LogP contribution is 2.26. The standard InChI is InChI=1S/C19H19FN4O/c1-13(25)23-9-3-5-16(11-23)19-21-18-8-7-15(12-24(18)22-19)14-4-2-6-17(20)10-14/h2,4,6-8,10,12,16H,3,5,9,11H2,1H3/t16-/m0/s1. The number of benzene rings is 1. The van der Waals surface area contributed by atoms with Crippen molar-refractivity contribution in [3.05, 3.63) is 54.2 Å². The topological polar surface area (TPSA) is 50.5 Å². The van der Waals surface area contributed by atoms with Crippen LogP contribution >= 0.6 is 0 Å². The molecule has 0 N–H and O–H groups in total. The first-order valence-electron chi connectivity index (χ1n) is 8.48. The fourth-order valence-corrected chi connectivity index (χ4v) is 3.39. The quantitative estimate of drug-likeness (QED) is 0.721. The molecule has 0 saturated carbocycles. The maximum atomic E-state index is 13.4. The van der Waals surface area contributed by atoms with Crippen molar-refractivity contribution in [2.45, 2.75) is 25.7 Å². The average molecular weight is 338 g/mol. The van der Waals surface area contributed by atoms with Gasteiger partial charge >= 0.3 is 0 Å². The molecule has 0 spiro atoms. The Bertz CT molecular complexity index is 936. The fraction of sp³-hybridized carbons (Fsp3) is 0.316. The molecule has 1 saturated heterocycles. The first kappa shape index (κ1) is 15.7. The monoisotopic (exact) mass is 338 g/mol. The fourth-order valence-electron chi connectivity index (χ4n) is 3.39. The van der Waals surface area contributed by atoms with E-state index in [4.69, 9.17) is 0 Å². The highest BCUT2D eigenvalue weighted by Gasteiger charge is 2.25. The van der Waals surface area contributed by atoms with Crippen LogP contribution in [0.2, 0.25) is 0 Å². The average Bonchev–Trinajstić information content (AvgIpc) is 3.05. The smallest absolute Gasteiger partial charge is 0.219 e. The lowest BCUT2D eigenvalue weighted by Gasteiger charge is -2.30. The van der Waals surface area contributed by atoms with Gasteiger partial charge in [0.1, 0.15) is 5.82 Å². The summed E-state index contributed by atoms with van der Waals surface area (Å²) in [7, 11) is 0. The molecule has 6 heteroatoms. The van der Waals surface area contributed by atoms with Crippen molar-refractivity contribution in [1.82, 2.24) is 19.5 Å². The number of piperidine rings is 1. The molecule has 5 nitrogen and oxygen atoms in total. The summed E-state index contributed by atoms with van der Waals surface area (Å²) in [6, 6.07) is 10.3. The van der Waals surface area contributed by atoms with Crippen molar-refractivity contribution in [1.29, 1.82) is 0 Å². The van der Waals surface area contributed by atoms with Gasteiger partial charge in [0, 0.05) is 37.7 Å². The Morgan fingerprint density at radius 1 is 1.24 bits per heavy atom. The minimum atomic E-state index is -0.261. The summed E-state index contributed by atoms with van der Waals surface area (Å²) < 4.78 is 15.2. The number of rotatable bonds is 2. The maximum absolute atomic E-state index is 13.4. The van der Waals surface area contributed by atoms with Crippen LogP contribution in [0.4, 0.5) is 4.39 Å². The summed E-state index contributed by atoms with van der Waals surface area (Å²) >= 11 is 0. The first-order valence-corrected chi connectivity index (χ1v) is 8.48. The minimum Gasteiger partial charge on any atom is -0.342 e. The molecule has 0 aliphatic carbocycles. The molecule has 2 aromatic heterocycles. The summed E-state index contributed by atoms with van der Waals surface area (Å²) in [5.74, 6) is 0.766. The van der Waals surface area contributed by atoms with Crippen molar-refractivity contribution >= 4 is 11.6 Å². The van der Waals surface area contributed by atoms with Gasteiger partial charge in [-0.05, 0) is 42.7 Å². The molecular weight excluding hydrogens is 319 g/mol. The number of pyridine rings is 1. The van der Waals surface area contributed by atoms with Gasteiger partial charge in [-0.15, -0.1) is 0 Å². The van der Waals surface area contributed by atoms with Gasteiger partial charge in [0.25, 0.3) is 0 Å². The van der Waals surface area contributed by atoms with Gasteiger partial charge in [0.15, 0.2) is 11.5 Å². The van der Waals surface area contributed by atoms with E-state index >= 15 is 0 Å². The summed E-state index contributed by atoms with van der Waals surface area (Å²) in [5.41, 5.74) is 2.45. The lowest BCUT2D eigenvalue weighted by Crippen LogP contribution is -2.37. The highest BCUT2D eigenvalue weighted by atomic mass is 19.1. The lowest BCUT2D eigenvalue weighted by atomic mass is 9.97. The molecule has 1 amide bonds. The SMILES string of the molecule is CC(=O)N1CCC[C@H](c2nc3ccc(-c4cccc(F)c4)cn3n2)C1. The zero-order chi connectivity index (χ0) is 17.4. The Hall–Kier alpha value is -2.76. The number of amides is 1. The Labute approximate surface area is 145 Å². The van der Waals surface area contributed by atoms with Crippen molar-refractivity contribution in [3.8, 4) is 11.1 Å². The molecule has 1 fully saturated rings. The molecule has 1 aliphatic rings. The molecule has 1 aromatic carbocycles. The Morgan fingerprint density at radius 2 is 2.12 bits per heavy atom. The largest absolute Gasteiger partial charge is 0.342 e. The van der Waals surface area contributed by atoms with Crippen LogP contribution in [-0.2, 0) is 4.79 Å². The van der Waals surface area contributed by atoms with Crippen LogP contribution in [0.5, 0.6) is 0 Å². The number of likely N-dealkylation sites (tertiary alicyclic amines) is 1. The summed E-state index contributed by atoms with van der Waals surface area (Å²) in [6.07, 6.45) is 3.82. The summed E-state index contributed by atoms with van der Waals surface area (Å²) in [6.45, 7) is 3.08. The third kappa shape index (κ3) is 3.12. The zero-order valence-electron chi connectivity index (χ0n) is 14.0. The molecule has 3 heterocycles. The van der Waals surface area contributed by atoms with E-state index in [0.717, 1.165) is 42.0 Å². The molecule has 128 valence electrons. The molecule has 1 atom stereocenters. The molecule has 0 unspecified atom stereocenters. The van der Waals surface area contributed by atoms with Crippen LogP contribution in [0.15, 0.2) is 42.6 Å². The lowest BCUT2D eigenvalue weighted by molar-refractivity contribution is -0.130. The normalized spacial score (nSPS) is 17.8. The van der Waals surface area contributed by atoms with Crippen molar-refractivity contribution in [2.24, 2.45) is 0 Å². The van der Waals surface area contributed by atoms with Gasteiger partial charge in [-0.25, -0.2) is 13.9 Å². The van der Waals surface area contributed by atoms with E-state index in [1.54, 1.807) is 17.5 Å². The van der Waals surface area contributed by atoms with E-state index in [1.165, 1.54) is 12.1 Å². The van der Waals surface area contributed by atoms with Crippen LogP contribution in [0.1, 0.15) is 31.5 Å². The molecule has 1 aliphatic heterocycles. The number of fused-ring (bicyclic) bond motifs is 1. The summed E-state index contributed by atoms with van der Waals surface area (Å²) in [4.78, 5) is 18.1. The predicted octanol–water partition coefficient (Wildman–Crippen LogP) is 3.26. The second kappa shape index (κ2) is 6.27. The Balaban J connectivity index is 1.65. The number of carbonyl (C=O) groups excluding carboxylic acids is 1. The number of halogens is 1. The number of aromatic nitrogens is 3. The van der Waals surface area contributed by atoms with Crippen LogP contribution < -0.4 is 0 Å². The number of carbonyl (C=O) groups is 1. The first-order chi connectivity index (χ1) is 12.1. The van der Waals surface area contributed by atoms with Crippen LogP contribution in [0.25, 0.3) is 16.8 Å². The zero-order valence-corrected chi connectivity index (χ0v) is 14.0.